The Kier molecular flexibility index (Phi) is 7.77. The Bertz CT molecular complexity index is 986. The molecule has 2 aromatic carbocycles. The monoisotopic (exact) mass is 450 g/mol. The number of aliphatic hydroxyl groups is 1. The van der Waals surface area contributed by atoms with Gasteiger partial charge in [0, 0.05) is 0 Å². The number of ether oxygens (including phenoxy) is 1. The van der Waals surface area contributed by atoms with E-state index in [1.54, 1.807) is 0 Å². The lowest BCUT2D eigenvalue weighted by Gasteiger charge is -2.35. The van der Waals surface area contributed by atoms with Crippen LogP contribution in [0.4, 0.5) is 4.39 Å². The molecule has 9 heteroatoms. The Balaban J connectivity index is 1.56. The van der Waals surface area contributed by atoms with Crippen molar-refractivity contribution in [1.82, 2.24) is 10.0 Å². The molecule has 2 aromatic rings. The molecule has 3 rings (SSSR count). The predicted molar refractivity (Wildman–Crippen MR) is 113 cm³/mol. The van der Waals surface area contributed by atoms with E-state index in [1.165, 1.54) is 12.1 Å². The van der Waals surface area contributed by atoms with E-state index in [-0.39, 0.29) is 23.3 Å². The van der Waals surface area contributed by atoms with E-state index < -0.39 is 40.7 Å². The van der Waals surface area contributed by atoms with Gasteiger partial charge in [-0.1, -0.05) is 36.4 Å². The Hall–Kier alpha value is -2.33. The van der Waals surface area contributed by atoms with E-state index in [9.17, 15) is 22.7 Å². The van der Waals surface area contributed by atoms with Crippen LogP contribution in [0.1, 0.15) is 37.8 Å². The predicted octanol–water partition coefficient (Wildman–Crippen LogP) is 2.28. The van der Waals surface area contributed by atoms with Crippen molar-refractivity contribution in [2.75, 3.05) is 6.61 Å². The normalized spacial score (nSPS) is 22.6. The molecule has 168 valence electrons. The summed E-state index contributed by atoms with van der Waals surface area (Å²) in [6, 6.07) is 13.4. The van der Waals surface area contributed by atoms with Crippen LogP contribution >= 0.6 is 0 Å². The first kappa shape index (κ1) is 23.3. The van der Waals surface area contributed by atoms with Crippen molar-refractivity contribution in [3.05, 3.63) is 66.0 Å². The Morgan fingerprint density at radius 3 is 2.61 bits per heavy atom. The first-order chi connectivity index (χ1) is 14.8. The molecular weight excluding hydrogens is 423 g/mol. The molecule has 4 atom stereocenters. The highest BCUT2D eigenvalue weighted by Crippen LogP contribution is 2.24. The summed E-state index contributed by atoms with van der Waals surface area (Å²) < 4.78 is 46.8. The topological polar surface area (TPSA) is 105 Å². The maximum Gasteiger partial charge on any atom is 0.241 e. The van der Waals surface area contributed by atoms with Crippen LogP contribution in [0.15, 0.2) is 59.5 Å². The summed E-state index contributed by atoms with van der Waals surface area (Å²) in [5.74, 6) is -0.839. The lowest BCUT2D eigenvalue weighted by molar-refractivity contribution is -0.131. The van der Waals surface area contributed by atoms with Crippen molar-refractivity contribution in [1.29, 1.82) is 0 Å². The fourth-order valence-corrected chi connectivity index (χ4v) is 4.98. The van der Waals surface area contributed by atoms with Gasteiger partial charge in [-0.15, -0.1) is 0 Å². The smallest absolute Gasteiger partial charge is 0.241 e. The van der Waals surface area contributed by atoms with Crippen LogP contribution in [0.2, 0.25) is 0 Å². The van der Waals surface area contributed by atoms with Gasteiger partial charge >= 0.3 is 0 Å². The maximum absolute atomic E-state index is 13.4. The lowest BCUT2D eigenvalue weighted by Crippen LogP contribution is -2.51. The molecule has 1 amide bonds. The maximum atomic E-state index is 13.4. The highest BCUT2D eigenvalue weighted by atomic mass is 32.2. The van der Waals surface area contributed by atoms with E-state index in [4.69, 9.17) is 4.74 Å². The van der Waals surface area contributed by atoms with Crippen LogP contribution in [-0.2, 0) is 19.6 Å². The molecule has 0 saturated carbocycles. The largest absolute Gasteiger partial charge is 0.394 e. The number of nitrogens with one attached hydrogen (secondary N) is 2. The van der Waals surface area contributed by atoms with Gasteiger partial charge in [0.2, 0.25) is 15.9 Å². The highest BCUT2D eigenvalue weighted by molar-refractivity contribution is 7.89. The number of sulfonamides is 1. The Morgan fingerprint density at radius 2 is 1.94 bits per heavy atom. The third kappa shape index (κ3) is 6.33. The van der Waals surface area contributed by atoms with Crippen molar-refractivity contribution in [2.45, 2.75) is 55.4 Å². The number of carbonyl (C=O) groups is 1. The zero-order valence-corrected chi connectivity index (χ0v) is 18.0. The molecule has 1 aliphatic heterocycles. The summed E-state index contributed by atoms with van der Waals surface area (Å²) in [5, 5.41) is 12.6. The fourth-order valence-electron chi connectivity index (χ4n) is 3.65. The van der Waals surface area contributed by atoms with Crippen LogP contribution in [-0.4, -0.2) is 44.3 Å². The molecule has 3 N–H and O–H groups in total. The van der Waals surface area contributed by atoms with Crippen molar-refractivity contribution in [3.63, 3.8) is 0 Å². The lowest BCUT2D eigenvalue weighted by atomic mass is 9.97. The summed E-state index contributed by atoms with van der Waals surface area (Å²) in [4.78, 5) is 12.2. The minimum absolute atomic E-state index is 0.108. The third-order valence-corrected chi connectivity index (χ3v) is 6.79. The van der Waals surface area contributed by atoms with E-state index in [2.05, 4.69) is 10.0 Å². The molecule has 1 aliphatic rings. The summed E-state index contributed by atoms with van der Waals surface area (Å²) in [6.45, 7) is 1.48. The summed E-state index contributed by atoms with van der Waals surface area (Å²) in [6.07, 6.45) is -0.306. The van der Waals surface area contributed by atoms with E-state index in [0.29, 0.717) is 12.8 Å². The Morgan fingerprint density at radius 1 is 1.19 bits per heavy atom. The highest BCUT2D eigenvalue weighted by Gasteiger charge is 2.35. The average molecular weight is 451 g/mol. The van der Waals surface area contributed by atoms with Gasteiger partial charge in [0.25, 0.3) is 0 Å². The van der Waals surface area contributed by atoms with Crippen molar-refractivity contribution in [2.24, 2.45) is 0 Å². The van der Waals surface area contributed by atoms with Gasteiger partial charge < -0.3 is 15.2 Å². The molecule has 0 spiro atoms. The van der Waals surface area contributed by atoms with Gasteiger partial charge in [-0.2, -0.15) is 0 Å². The van der Waals surface area contributed by atoms with Crippen LogP contribution in [0.25, 0.3) is 0 Å². The first-order valence-electron chi connectivity index (χ1n) is 10.2. The second kappa shape index (κ2) is 10.3. The Labute approximate surface area is 181 Å². The number of benzene rings is 2. The van der Waals surface area contributed by atoms with Gasteiger partial charge in [0.1, 0.15) is 5.82 Å². The SMILES string of the molecule is C[C@H](NC(=O)C[C@H]1CC[C@@H](NS(=O)(=O)c2cccc(F)c2)[C@H](CO)O1)c1ccccc1. The molecule has 0 bridgehead atoms. The van der Waals surface area contributed by atoms with Gasteiger partial charge in [-0.05, 0) is 43.5 Å². The molecule has 0 aromatic heterocycles. The van der Waals surface area contributed by atoms with Crippen LogP contribution in [0.5, 0.6) is 0 Å². The fraction of sp³-hybridized carbons (Fsp3) is 0.409. The number of amides is 1. The minimum Gasteiger partial charge on any atom is -0.394 e. The minimum atomic E-state index is -3.97. The van der Waals surface area contributed by atoms with Crippen LogP contribution < -0.4 is 10.0 Å². The molecule has 1 fully saturated rings. The van der Waals surface area contributed by atoms with Crippen LogP contribution in [0.3, 0.4) is 0 Å². The van der Waals surface area contributed by atoms with E-state index in [0.717, 1.165) is 17.7 Å². The summed E-state index contributed by atoms with van der Waals surface area (Å²) in [5.41, 5.74) is 0.987. The number of rotatable bonds is 8. The number of carbonyl (C=O) groups excluding carboxylic acids is 1. The van der Waals surface area contributed by atoms with E-state index in [1.807, 2.05) is 37.3 Å². The molecule has 0 aliphatic carbocycles. The molecule has 1 heterocycles. The summed E-state index contributed by atoms with van der Waals surface area (Å²) in [7, 11) is -3.97. The van der Waals surface area contributed by atoms with Gasteiger partial charge in [0.05, 0.1) is 42.2 Å². The quantitative estimate of drug-likeness (QED) is 0.572. The molecule has 31 heavy (non-hydrogen) atoms. The number of aliphatic hydroxyl groups excluding tert-OH is 1. The van der Waals surface area contributed by atoms with Gasteiger partial charge in [-0.25, -0.2) is 17.5 Å². The zero-order chi connectivity index (χ0) is 22.4. The molecule has 7 nitrogen and oxygen atoms in total. The van der Waals surface area contributed by atoms with Gasteiger partial charge in [-0.3, -0.25) is 4.79 Å². The number of hydrogen-bond acceptors (Lipinski definition) is 5. The average Bonchev–Trinajstić information content (AvgIpc) is 2.75. The van der Waals surface area contributed by atoms with Crippen molar-refractivity contribution < 1.29 is 27.4 Å². The number of hydrogen-bond donors (Lipinski definition) is 3. The molecule has 0 unspecified atom stereocenters. The number of halogens is 1. The standard InChI is InChI=1S/C22H27FN2O5S/c1-15(16-6-3-2-4-7-16)24-22(27)13-18-10-11-20(21(14-26)30-18)25-31(28,29)19-9-5-8-17(23)12-19/h2-9,12,15,18,20-21,25-26H,10-11,13-14H2,1H3,(H,24,27)/t15-,18+,20+,21-/m0/s1. The summed E-state index contributed by atoms with van der Waals surface area (Å²) >= 11 is 0. The zero-order valence-electron chi connectivity index (χ0n) is 17.2. The second-order valence-corrected chi connectivity index (χ2v) is 9.36. The second-order valence-electron chi connectivity index (χ2n) is 7.65. The third-order valence-electron chi connectivity index (χ3n) is 5.30. The van der Waals surface area contributed by atoms with Crippen molar-refractivity contribution >= 4 is 15.9 Å². The first-order valence-corrected chi connectivity index (χ1v) is 11.7. The van der Waals surface area contributed by atoms with Gasteiger partial charge in [0.15, 0.2) is 0 Å². The molecule has 0 radical (unpaired) electrons. The van der Waals surface area contributed by atoms with Crippen molar-refractivity contribution in [3.8, 4) is 0 Å². The molecular formula is C22H27FN2O5S. The van der Waals surface area contributed by atoms with Crippen LogP contribution in [0, 0.1) is 5.82 Å². The molecule has 1 saturated heterocycles. The van der Waals surface area contributed by atoms with E-state index >= 15 is 0 Å².